The van der Waals surface area contributed by atoms with Crippen LogP contribution in [-0.4, -0.2) is 12.5 Å². The van der Waals surface area contributed by atoms with Crippen molar-refractivity contribution in [3.63, 3.8) is 0 Å². The number of amides is 1. The zero-order valence-corrected chi connectivity index (χ0v) is 9.64. The quantitative estimate of drug-likeness (QED) is 0.763. The second kappa shape index (κ2) is 5.16. The van der Waals surface area contributed by atoms with E-state index in [0.717, 1.165) is 0 Å². The van der Waals surface area contributed by atoms with Crippen molar-refractivity contribution in [1.82, 2.24) is 5.32 Å². The minimum Gasteiger partial charge on any atom is -0.352 e. The highest BCUT2D eigenvalue weighted by Crippen LogP contribution is 2.13. The summed E-state index contributed by atoms with van der Waals surface area (Å²) in [5.74, 6) is -0.567. The Balaban J connectivity index is 2.77. The number of benzene rings is 1. The van der Waals surface area contributed by atoms with Gasteiger partial charge >= 0.3 is 0 Å². The predicted octanol–water partition coefficient (Wildman–Crippen LogP) is 2.50. The molecule has 0 heterocycles. The number of hydrogen-bond donors (Lipinski definition) is 2. The Labute approximate surface area is 94.3 Å². The highest BCUT2D eigenvalue weighted by Gasteiger charge is 2.11. The molecule has 0 aliphatic carbocycles. The van der Waals surface area contributed by atoms with E-state index in [0.29, 0.717) is 17.4 Å². The first kappa shape index (κ1) is 12.0. The molecule has 0 saturated carbocycles. The molecule has 1 rings (SSSR count). The molecule has 0 aromatic heterocycles. The summed E-state index contributed by atoms with van der Waals surface area (Å²) in [5.41, 5.74) is 0.0446. The zero-order chi connectivity index (χ0) is 11.4. The van der Waals surface area contributed by atoms with E-state index in [1.807, 2.05) is 13.8 Å². The summed E-state index contributed by atoms with van der Waals surface area (Å²) in [6, 6.07) is 4.18. The molecule has 0 fully saturated rings. The third-order valence-corrected chi connectivity index (χ3v) is 2.14. The van der Waals surface area contributed by atoms with E-state index in [-0.39, 0.29) is 5.56 Å². The lowest BCUT2D eigenvalue weighted by atomic mass is 10.2. The maximum Gasteiger partial charge on any atom is 0.254 e. The van der Waals surface area contributed by atoms with Crippen LogP contribution in [0.3, 0.4) is 0 Å². The number of rotatable bonds is 3. The topological polar surface area (TPSA) is 29.1 Å². The SMILES string of the molecule is CC(C)CNC(=O)c1cc(S)ccc1F. The fourth-order valence-electron chi connectivity index (χ4n) is 1.08. The highest BCUT2D eigenvalue weighted by molar-refractivity contribution is 7.80. The van der Waals surface area contributed by atoms with Gasteiger partial charge < -0.3 is 5.32 Å². The maximum absolute atomic E-state index is 13.2. The van der Waals surface area contributed by atoms with Gasteiger partial charge in [-0.15, -0.1) is 12.6 Å². The molecule has 4 heteroatoms. The molecule has 0 bridgehead atoms. The molecular weight excluding hydrogens is 213 g/mol. The van der Waals surface area contributed by atoms with E-state index in [2.05, 4.69) is 17.9 Å². The van der Waals surface area contributed by atoms with Crippen molar-refractivity contribution < 1.29 is 9.18 Å². The first-order valence-corrected chi connectivity index (χ1v) is 5.22. The minimum atomic E-state index is -0.519. The summed E-state index contributed by atoms with van der Waals surface area (Å²) < 4.78 is 13.2. The Morgan fingerprint density at radius 3 is 2.80 bits per heavy atom. The molecule has 15 heavy (non-hydrogen) atoms. The summed E-state index contributed by atoms with van der Waals surface area (Å²) in [5, 5.41) is 2.65. The fraction of sp³-hybridized carbons (Fsp3) is 0.364. The Morgan fingerprint density at radius 1 is 1.53 bits per heavy atom. The first-order chi connectivity index (χ1) is 7.00. The second-order valence-corrected chi connectivity index (χ2v) is 4.28. The second-order valence-electron chi connectivity index (χ2n) is 3.77. The molecule has 0 unspecified atom stereocenters. The van der Waals surface area contributed by atoms with E-state index < -0.39 is 11.7 Å². The monoisotopic (exact) mass is 227 g/mol. The van der Waals surface area contributed by atoms with E-state index in [4.69, 9.17) is 0 Å². The lowest BCUT2D eigenvalue weighted by molar-refractivity contribution is 0.0944. The standard InChI is InChI=1S/C11H14FNOS/c1-7(2)6-13-11(14)9-5-8(15)3-4-10(9)12/h3-5,7,15H,6H2,1-2H3,(H,13,14). The van der Waals surface area contributed by atoms with Crippen LogP contribution >= 0.6 is 12.6 Å². The van der Waals surface area contributed by atoms with Crippen LogP contribution < -0.4 is 5.32 Å². The molecule has 1 N–H and O–H groups in total. The van der Waals surface area contributed by atoms with E-state index in [1.54, 1.807) is 0 Å². The molecule has 0 aliphatic heterocycles. The molecule has 0 atom stereocenters. The first-order valence-electron chi connectivity index (χ1n) is 4.77. The van der Waals surface area contributed by atoms with Gasteiger partial charge in [-0.1, -0.05) is 13.8 Å². The molecule has 1 amide bonds. The number of carbonyl (C=O) groups is 1. The van der Waals surface area contributed by atoms with Gasteiger partial charge in [-0.05, 0) is 24.1 Å². The molecule has 0 spiro atoms. The lowest BCUT2D eigenvalue weighted by Crippen LogP contribution is -2.28. The van der Waals surface area contributed by atoms with E-state index in [1.165, 1.54) is 18.2 Å². The zero-order valence-electron chi connectivity index (χ0n) is 8.75. The van der Waals surface area contributed by atoms with Crippen molar-refractivity contribution in [2.45, 2.75) is 18.7 Å². The van der Waals surface area contributed by atoms with Crippen LogP contribution in [0.1, 0.15) is 24.2 Å². The molecule has 0 saturated heterocycles. The molecule has 1 aromatic carbocycles. The summed E-state index contributed by atoms with van der Waals surface area (Å²) in [4.78, 5) is 12.1. The van der Waals surface area contributed by atoms with Crippen LogP contribution in [0.4, 0.5) is 4.39 Å². The fourth-order valence-corrected chi connectivity index (χ4v) is 1.28. The summed E-state index contributed by atoms with van der Waals surface area (Å²) >= 11 is 4.06. The van der Waals surface area contributed by atoms with Crippen LogP contribution in [0.2, 0.25) is 0 Å². The van der Waals surface area contributed by atoms with Crippen LogP contribution in [-0.2, 0) is 0 Å². The number of nitrogens with one attached hydrogen (secondary N) is 1. The van der Waals surface area contributed by atoms with Crippen LogP contribution in [0.5, 0.6) is 0 Å². The Bertz CT molecular complexity index is 366. The van der Waals surface area contributed by atoms with Crippen molar-refractivity contribution in [3.8, 4) is 0 Å². The predicted molar refractivity (Wildman–Crippen MR) is 60.8 cm³/mol. The van der Waals surface area contributed by atoms with Crippen molar-refractivity contribution in [3.05, 3.63) is 29.6 Å². The normalized spacial score (nSPS) is 10.5. The average Bonchev–Trinajstić information content (AvgIpc) is 2.18. The van der Waals surface area contributed by atoms with E-state index in [9.17, 15) is 9.18 Å². The third-order valence-electron chi connectivity index (χ3n) is 1.87. The summed E-state index contributed by atoms with van der Waals surface area (Å²) in [6.07, 6.45) is 0. The van der Waals surface area contributed by atoms with Gasteiger partial charge in [0.25, 0.3) is 5.91 Å². The molecule has 82 valence electrons. The average molecular weight is 227 g/mol. The van der Waals surface area contributed by atoms with Gasteiger partial charge in [0.2, 0.25) is 0 Å². The lowest BCUT2D eigenvalue weighted by Gasteiger charge is -2.08. The number of carbonyl (C=O) groups excluding carboxylic acids is 1. The van der Waals surface area contributed by atoms with Gasteiger partial charge in [0.15, 0.2) is 0 Å². The van der Waals surface area contributed by atoms with Gasteiger partial charge in [0.1, 0.15) is 5.82 Å². The van der Waals surface area contributed by atoms with Crippen molar-refractivity contribution in [2.24, 2.45) is 5.92 Å². The van der Waals surface area contributed by atoms with Crippen molar-refractivity contribution >= 4 is 18.5 Å². The summed E-state index contributed by atoms with van der Waals surface area (Å²) in [7, 11) is 0. The third kappa shape index (κ3) is 3.55. The van der Waals surface area contributed by atoms with Gasteiger partial charge in [-0.2, -0.15) is 0 Å². The maximum atomic E-state index is 13.2. The van der Waals surface area contributed by atoms with Crippen LogP contribution in [0.25, 0.3) is 0 Å². The molecule has 0 aliphatic rings. The van der Waals surface area contributed by atoms with Crippen LogP contribution in [0, 0.1) is 11.7 Å². The largest absolute Gasteiger partial charge is 0.352 e. The summed E-state index contributed by atoms with van der Waals surface area (Å²) in [6.45, 7) is 4.49. The molecular formula is C11H14FNOS. The number of halogens is 1. The Kier molecular flexibility index (Phi) is 4.15. The minimum absolute atomic E-state index is 0.0446. The van der Waals surface area contributed by atoms with E-state index >= 15 is 0 Å². The van der Waals surface area contributed by atoms with Crippen molar-refractivity contribution in [1.29, 1.82) is 0 Å². The molecule has 0 radical (unpaired) electrons. The highest BCUT2D eigenvalue weighted by atomic mass is 32.1. The van der Waals surface area contributed by atoms with Gasteiger partial charge in [-0.25, -0.2) is 4.39 Å². The van der Waals surface area contributed by atoms with Gasteiger partial charge in [-0.3, -0.25) is 4.79 Å². The Morgan fingerprint density at radius 2 is 2.20 bits per heavy atom. The molecule has 2 nitrogen and oxygen atoms in total. The van der Waals surface area contributed by atoms with Gasteiger partial charge in [0.05, 0.1) is 5.56 Å². The smallest absolute Gasteiger partial charge is 0.254 e. The Hall–Kier alpha value is -1.03. The number of hydrogen-bond acceptors (Lipinski definition) is 2. The van der Waals surface area contributed by atoms with Crippen molar-refractivity contribution in [2.75, 3.05) is 6.54 Å². The number of thiol groups is 1. The molecule has 1 aromatic rings. The van der Waals surface area contributed by atoms with Gasteiger partial charge in [0, 0.05) is 11.4 Å². The van der Waals surface area contributed by atoms with Crippen LogP contribution in [0.15, 0.2) is 23.1 Å².